The predicted molar refractivity (Wildman–Crippen MR) is 134 cm³/mol. The molecule has 202 valence electrons. The van der Waals surface area contributed by atoms with Crippen molar-refractivity contribution in [2.75, 3.05) is 60.1 Å². The predicted octanol–water partition coefficient (Wildman–Crippen LogP) is 2.41. The summed E-state index contributed by atoms with van der Waals surface area (Å²) in [5.41, 5.74) is 1.04. The van der Waals surface area contributed by atoms with Gasteiger partial charge in [-0.25, -0.2) is 9.18 Å². The molecule has 2 heterocycles. The summed E-state index contributed by atoms with van der Waals surface area (Å²) in [4.78, 5) is 16.7. The molecule has 2 amide bonds. The van der Waals surface area contributed by atoms with E-state index in [0.717, 1.165) is 31.2 Å². The number of urea groups is 1. The van der Waals surface area contributed by atoms with Crippen molar-refractivity contribution in [3.63, 3.8) is 0 Å². The van der Waals surface area contributed by atoms with Gasteiger partial charge in [0.05, 0.1) is 25.9 Å². The number of amides is 2. The molecule has 3 aliphatic rings. The second kappa shape index (κ2) is 12.2. The van der Waals surface area contributed by atoms with Crippen molar-refractivity contribution < 1.29 is 27.1 Å². The normalized spacial score (nSPS) is 27.9. The molecule has 1 unspecified atom stereocenters. The van der Waals surface area contributed by atoms with E-state index in [1.165, 1.54) is 24.5 Å². The van der Waals surface area contributed by atoms with Crippen LogP contribution in [0.5, 0.6) is 0 Å². The highest BCUT2D eigenvalue weighted by Gasteiger charge is 2.37. The number of rotatable bonds is 7. The van der Waals surface area contributed by atoms with E-state index >= 15 is 0 Å². The van der Waals surface area contributed by atoms with Crippen LogP contribution >= 0.6 is 0 Å². The molecule has 0 aromatic heterocycles. The van der Waals surface area contributed by atoms with Crippen molar-refractivity contribution in [3.8, 4) is 0 Å². The number of likely N-dealkylation sites (tertiary alicyclic amines) is 1. The Morgan fingerprint density at radius 1 is 1.11 bits per heavy atom. The molecule has 2 saturated heterocycles. The summed E-state index contributed by atoms with van der Waals surface area (Å²) in [6, 6.07) is 6.50. The number of carbonyl (C=O) groups excluding carboxylic acids is 1. The number of hydrogen-bond donors (Lipinski definition) is 1. The van der Waals surface area contributed by atoms with E-state index in [9.17, 15) is 17.6 Å². The third-order valence-corrected chi connectivity index (χ3v) is 9.17. The van der Waals surface area contributed by atoms with Gasteiger partial charge in [0, 0.05) is 52.2 Å². The van der Waals surface area contributed by atoms with E-state index < -0.39 is 10.2 Å². The second-order valence-electron chi connectivity index (χ2n) is 10.3. The molecule has 0 bridgehead atoms. The van der Waals surface area contributed by atoms with Crippen LogP contribution in [0.25, 0.3) is 0 Å². The summed E-state index contributed by atoms with van der Waals surface area (Å²) in [5, 5.41) is 0. The number of nitrogens with one attached hydrogen (secondary N) is 1. The Kier molecular flexibility index (Phi) is 9.21. The van der Waals surface area contributed by atoms with E-state index in [1.54, 1.807) is 17.0 Å². The molecule has 36 heavy (non-hydrogen) atoms. The first-order valence-electron chi connectivity index (χ1n) is 12.9. The molecule has 3 fully saturated rings. The first-order valence-corrected chi connectivity index (χ1v) is 14.4. The van der Waals surface area contributed by atoms with E-state index in [-0.39, 0.29) is 29.9 Å². The standard InChI is InChI=1S/C25H39FN4O5S/c1-28(2)36(32,33)27-24-10-11-30(25(31)29-12-14-34-15-13-29)17-21(24)18-35-23-8-6-19(7-9-23)20-4-3-5-22(26)16-20/h3-5,16,19,21,23-24,27H,6-15,17-18H2,1-2H3/t19-,21-,23+,24?/m0/s1. The smallest absolute Gasteiger partial charge is 0.320 e. The fourth-order valence-corrected chi connectivity index (χ4v) is 6.27. The molecule has 4 rings (SSSR count). The van der Waals surface area contributed by atoms with Crippen LogP contribution in [-0.4, -0.2) is 101 Å². The van der Waals surface area contributed by atoms with Gasteiger partial charge in [-0.1, -0.05) is 12.1 Å². The largest absolute Gasteiger partial charge is 0.378 e. The van der Waals surface area contributed by atoms with Crippen LogP contribution in [0.15, 0.2) is 24.3 Å². The van der Waals surface area contributed by atoms with Crippen LogP contribution in [0.1, 0.15) is 43.6 Å². The van der Waals surface area contributed by atoms with Gasteiger partial charge in [-0.2, -0.15) is 17.4 Å². The molecule has 1 saturated carbocycles. The van der Waals surface area contributed by atoms with Gasteiger partial charge in [-0.3, -0.25) is 0 Å². The number of nitrogens with zero attached hydrogens (tertiary/aromatic N) is 3. The quantitative estimate of drug-likeness (QED) is 0.589. The minimum atomic E-state index is -3.61. The monoisotopic (exact) mass is 526 g/mol. The summed E-state index contributed by atoms with van der Waals surface area (Å²) in [6.45, 7) is 3.53. The minimum Gasteiger partial charge on any atom is -0.378 e. The average Bonchev–Trinajstić information content (AvgIpc) is 2.88. The van der Waals surface area contributed by atoms with Crippen LogP contribution in [0.4, 0.5) is 9.18 Å². The van der Waals surface area contributed by atoms with E-state index in [1.807, 2.05) is 11.0 Å². The van der Waals surface area contributed by atoms with Crippen molar-refractivity contribution in [2.24, 2.45) is 5.92 Å². The second-order valence-corrected chi connectivity index (χ2v) is 12.2. The third kappa shape index (κ3) is 6.95. The topological polar surface area (TPSA) is 91.4 Å². The van der Waals surface area contributed by atoms with Gasteiger partial charge in [-0.15, -0.1) is 0 Å². The number of carbonyl (C=O) groups is 1. The van der Waals surface area contributed by atoms with Crippen molar-refractivity contribution in [1.82, 2.24) is 18.8 Å². The maximum Gasteiger partial charge on any atom is 0.320 e. The number of piperidine rings is 1. The number of benzene rings is 1. The Hall–Kier alpha value is -1.79. The van der Waals surface area contributed by atoms with Crippen molar-refractivity contribution in [3.05, 3.63) is 35.6 Å². The summed E-state index contributed by atoms with van der Waals surface area (Å²) in [7, 11) is -0.603. The molecular weight excluding hydrogens is 487 g/mol. The van der Waals surface area contributed by atoms with Gasteiger partial charge in [0.15, 0.2) is 0 Å². The maximum atomic E-state index is 13.6. The average molecular weight is 527 g/mol. The lowest BCUT2D eigenvalue weighted by Crippen LogP contribution is -2.58. The molecule has 1 aliphatic carbocycles. The van der Waals surface area contributed by atoms with E-state index in [0.29, 0.717) is 58.3 Å². The lowest BCUT2D eigenvalue weighted by molar-refractivity contribution is -0.0165. The Morgan fingerprint density at radius 2 is 1.83 bits per heavy atom. The van der Waals surface area contributed by atoms with Crippen molar-refractivity contribution >= 4 is 16.2 Å². The number of morpholine rings is 1. The highest BCUT2D eigenvalue weighted by atomic mass is 32.2. The molecular formula is C25H39FN4O5S. The molecule has 1 N–H and O–H groups in total. The van der Waals surface area contributed by atoms with Gasteiger partial charge in [0.2, 0.25) is 0 Å². The third-order valence-electron chi connectivity index (χ3n) is 7.61. The molecule has 2 atom stereocenters. The molecule has 0 radical (unpaired) electrons. The number of halogens is 1. The summed E-state index contributed by atoms with van der Waals surface area (Å²) < 4.78 is 54.4. The Labute approximate surface area is 214 Å². The summed E-state index contributed by atoms with van der Waals surface area (Å²) in [5.74, 6) is -0.0264. The zero-order valence-corrected chi connectivity index (χ0v) is 22.1. The lowest BCUT2D eigenvalue weighted by atomic mass is 9.82. The number of ether oxygens (including phenoxy) is 2. The molecule has 2 aliphatic heterocycles. The molecule has 11 heteroatoms. The Morgan fingerprint density at radius 3 is 2.50 bits per heavy atom. The molecule has 0 spiro atoms. The summed E-state index contributed by atoms with van der Waals surface area (Å²) in [6.07, 6.45) is 4.21. The van der Waals surface area contributed by atoms with Crippen LogP contribution in [-0.2, 0) is 19.7 Å². The van der Waals surface area contributed by atoms with E-state index in [2.05, 4.69) is 4.72 Å². The van der Waals surface area contributed by atoms with Gasteiger partial charge in [0.25, 0.3) is 10.2 Å². The summed E-state index contributed by atoms with van der Waals surface area (Å²) >= 11 is 0. The Balaban J connectivity index is 1.35. The first-order chi connectivity index (χ1) is 17.2. The van der Waals surface area contributed by atoms with Crippen LogP contribution in [0.3, 0.4) is 0 Å². The van der Waals surface area contributed by atoms with Crippen LogP contribution < -0.4 is 4.72 Å². The zero-order chi connectivity index (χ0) is 25.7. The lowest BCUT2D eigenvalue weighted by Gasteiger charge is -2.42. The maximum absolute atomic E-state index is 13.6. The number of hydrogen-bond acceptors (Lipinski definition) is 5. The highest BCUT2D eigenvalue weighted by molar-refractivity contribution is 7.87. The molecule has 1 aromatic rings. The van der Waals surface area contributed by atoms with E-state index in [4.69, 9.17) is 9.47 Å². The van der Waals surface area contributed by atoms with Gasteiger partial charge in [-0.05, 0) is 55.7 Å². The van der Waals surface area contributed by atoms with Crippen molar-refractivity contribution in [1.29, 1.82) is 0 Å². The minimum absolute atomic E-state index is 0.0205. The fourth-order valence-electron chi connectivity index (χ4n) is 5.36. The van der Waals surface area contributed by atoms with Gasteiger partial charge < -0.3 is 19.3 Å². The SMILES string of the molecule is CN(C)S(=O)(=O)NC1CCN(C(=O)N2CCOCC2)C[C@H]1CO[C@H]1CC[C@@H](c2cccc(F)c2)CC1. The highest BCUT2D eigenvalue weighted by Crippen LogP contribution is 2.34. The molecule has 1 aromatic carbocycles. The fraction of sp³-hybridized carbons (Fsp3) is 0.720. The zero-order valence-electron chi connectivity index (χ0n) is 21.3. The first kappa shape index (κ1) is 27.3. The molecule has 9 nitrogen and oxygen atoms in total. The van der Waals surface area contributed by atoms with Crippen molar-refractivity contribution in [2.45, 2.75) is 50.2 Å². The van der Waals surface area contributed by atoms with Gasteiger partial charge >= 0.3 is 6.03 Å². The van der Waals surface area contributed by atoms with Crippen LogP contribution in [0.2, 0.25) is 0 Å². The Bertz CT molecular complexity index is 980. The van der Waals surface area contributed by atoms with Gasteiger partial charge in [0.1, 0.15) is 5.82 Å². The van der Waals surface area contributed by atoms with Crippen LogP contribution in [0, 0.1) is 11.7 Å².